The number of fused-ring (bicyclic) bond motifs is 1. The molecule has 0 amide bonds. The summed E-state index contributed by atoms with van der Waals surface area (Å²) in [6, 6.07) is 13.3. The number of thiophene rings is 1. The number of rotatable bonds is 5. The molecule has 30 heavy (non-hydrogen) atoms. The number of benzene rings is 1. The lowest BCUT2D eigenvalue weighted by molar-refractivity contribution is 0.0980. The van der Waals surface area contributed by atoms with Crippen LogP contribution in [0.15, 0.2) is 36.4 Å². The Balaban J connectivity index is 1.70. The number of Topliss-reactive ketones (excluding diaryl/α,β-unsaturated/α-hetero) is 1. The van der Waals surface area contributed by atoms with Gasteiger partial charge in [0.1, 0.15) is 4.83 Å². The van der Waals surface area contributed by atoms with Gasteiger partial charge >= 0.3 is 0 Å². The minimum atomic E-state index is -1.04. The molecule has 0 aliphatic rings. The Labute approximate surface area is 182 Å². The van der Waals surface area contributed by atoms with Gasteiger partial charge in [0, 0.05) is 21.8 Å². The highest BCUT2D eigenvalue weighted by Gasteiger charge is 2.27. The number of hydrogen-bond acceptors (Lipinski definition) is 6. The molecule has 3 aromatic heterocycles. The molecule has 8 heteroatoms. The first-order valence-electron chi connectivity index (χ1n) is 9.33. The maximum atomic E-state index is 13.1. The molecule has 0 aliphatic heterocycles. The van der Waals surface area contributed by atoms with Crippen molar-refractivity contribution in [3.63, 3.8) is 0 Å². The second kappa shape index (κ2) is 7.98. The third-order valence-corrected chi connectivity index (χ3v) is 6.16. The van der Waals surface area contributed by atoms with Crippen molar-refractivity contribution in [2.24, 2.45) is 0 Å². The third kappa shape index (κ3) is 3.84. The molecule has 1 aromatic carbocycles. The van der Waals surface area contributed by atoms with Crippen LogP contribution < -0.4 is 0 Å². The second-order valence-corrected chi connectivity index (χ2v) is 8.60. The molecule has 0 fully saturated rings. The SMILES string of the molecule is Cc1cc(C)nc(C(C#N)C(=O)c2cc3c(C)nn(Cc4ccc(Cl)cc4)c3s2)n1. The summed E-state index contributed by atoms with van der Waals surface area (Å²) in [7, 11) is 0. The maximum absolute atomic E-state index is 13.1. The van der Waals surface area contributed by atoms with E-state index in [0.29, 0.717) is 16.4 Å². The first-order chi connectivity index (χ1) is 14.4. The molecule has 0 aliphatic carbocycles. The van der Waals surface area contributed by atoms with E-state index in [-0.39, 0.29) is 11.6 Å². The number of aromatic nitrogens is 4. The van der Waals surface area contributed by atoms with Crippen molar-refractivity contribution < 1.29 is 4.79 Å². The van der Waals surface area contributed by atoms with Crippen molar-refractivity contribution in [2.45, 2.75) is 33.2 Å². The van der Waals surface area contributed by atoms with Gasteiger partial charge in [-0.3, -0.25) is 9.48 Å². The van der Waals surface area contributed by atoms with Crippen LogP contribution in [0, 0.1) is 32.1 Å². The van der Waals surface area contributed by atoms with Gasteiger partial charge in [-0.15, -0.1) is 11.3 Å². The standard InChI is InChI=1S/C22H18ClN5OS/c1-12-8-13(2)26-21(25-12)18(10-24)20(29)19-9-17-14(3)27-28(22(17)30-19)11-15-4-6-16(23)7-5-15/h4-9,18H,11H2,1-3H3. The highest BCUT2D eigenvalue weighted by molar-refractivity contribution is 7.20. The molecule has 3 heterocycles. The summed E-state index contributed by atoms with van der Waals surface area (Å²) in [5.41, 5.74) is 3.36. The summed E-state index contributed by atoms with van der Waals surface area (Å²) < 4.78 is 1.88. The Morgan fingerprint density at radius 3 is 2.47 bits per heavy atom. The highest BCUT2D eigenvalue weighted by Crippen LogP contribution is 2.32. The van der Waals surface area contributed by atoms with Crippen molar-refractivity contribution in [1.29, 1.82) is 5.26 Å². The van der Waals surface area contributed by atoms with Crippen molar-refractivity contribution in [3.05, 3.63) is 74.8 Å². The van der Waals surface area contributed by atoms with Crippen molar-refractivity contribution in [2.75, 3.05) is 0 Å². The Morgan fingerprint density at radius 2 is 1.83 bits per heavy atom. The highest BCUT2D eigenvalue weighted by atomic mass is 35.5. The zero-order valence-corrected chi connectivity index (χ0v) is 18.3. The summed E-state index contributed by atoms with van der Waals surface area (Å²) in [6.45, 7) is 6.13. The van der Waals surface area contributed by atoms with Crippen LogP contribution in [0.4, 0.5) is 0 Å². The van der Waals surface area contributed by atoms with Crippen LogP contribution in [0.3, 0.4) is 0 Å². The van der Waals surface area contributed by atoms with Gasteiger partial charge in [0.2, 0.25) is 0 Å². The molecule has 0 saturated heterocycles. The van der Waals surface area contributed by atoms with Crippen LogP contribution in [-0.2, 0) is 6.54 Å². The number of carbonyl (C=O) groups is 1. The molecule has 0 saturated carbocycles. The average Bonchev–Trinajstić information content (AvgIpc) is 3.25. The normalized spacial score (nSPS) is 12.1. The summed E-state index contributed by atoms with van der Waals surface area (Å²) in [6.07, 6.45) is 0. The zero-order chi connectivity index (χ0) is 21.4. The largest absolute Gasteiger partial charge is 0.291 e. The van der Waals surface area contributed by atoms with Crippen LogP contribution >= 0.6 is 22.9 Å². The smallest absolute Gasteiger partial charge is 0.197 e. The maximum Gasteiger partial charge on any atom is 0.197 e. The zero-order valence-electron chi connectivity index (χ0n) is 16.7. The molecular weight excluding hydrogens is 418 g/mol. The van der Waals surface area contributed by atoms with Gasteiger partial charge in [0.05, 0.1) is 23.2 Å². The molecule has 4 aromatic rings. The molecule has 150 valence electrons. The van der Waals surface area contributed by atoms with Gasteiger partial charge in [-0.1, -0.05) is 23.7 Å². The molecular formula is C22H18ClN5OS. The van der Waals surface area contributed by atoms with Gasteiger partial charge in [0.25, 0.3) is 0 Å². The van der Waals surface area contributed by atoms with Crippen LogP contribution in [0.5, 0.6) is 0 Å². The first kappa shape index (κ1) is 20.2. The fourth-order valence-corrected chi connectivity index (χ4v) is 4.62. The van der Waals surface area contributed by atoms with Gasteiger partial charge in [-0.05, 0) is 50.6 Å². The molecule has 1 atom stereocenters. The van der Waals surface area contributed by atoms with E-state index in [2.05, 4.69) is 21.1 Å². The van der Waals surface area contributed by atoms with Gasteiger partial charge in [0.15, 0.2) is 17.5 Å². The Hall–Kier alpha value is -3.08. The molecule has 0 radical (unpaired) electrons. The van der Waals surface area contributed by atoms with E-state index < -0.39 is 5.92 Å². The van der Waals surface area contributed by atoms with Crippen LogP contribution in [-0.4, -0.2) is 25.5 Å². The van der Waals surface area contributed by atoms with Gasteiger partial charge < -0.3 is 0 Å². The predicted molar refractivity (Wildman–Crippen MR) is 117 cm³/mol. The molecule has 0 spiro atoms. The van der Waals surface area contributed by atoms with E-state index in [9.17, 15) is 10.1 Å². The Bertz CT molecular complexity index is 1280. The van der Waals surface area contributed by atoms with Crippen LogP contribution in [0.1, 0.15) is 44.1 Å². The van der Waals surface area contributed by atoms with Gasteiger partial charge in [-0.2, -0.15) is 10.4 Å². The predicted octanol–water partition coefficient (Wildman–Crippen LogP) is 5.00. The minimum absolute atomic E-state index is 0.247. The number of aryl methyl sites for hydroxylation is 3. The fraction of sp³-hybridized carbons (Fsp3) is 0.227. The monoisotopic (exact) mass is 435 g/mol. The quantitative estimate of drug-likeness (QED) is 0.411. The lowest BCUT2D eigenvalue weighted by Crippen LogP contribution is -2.14. The topological polar surface area (TPSA) is 84.5 Å². The lowest BCUT2D eigenvalue weighted by Gasteiger charge is -2.07. The average molecular weight is 436 g/mol. The van der Waals surface area contributed by atoms with E-state index in [4.69, 9.17) is 11.6 Å². The number of nitrogens with zero attached hydrogens (tertiary/aromatic N) is 5. The van der Waals surface area contributed by atoms with E-state index >= 15 is 0 Å². The van der Waals surface area contributed by atoms with Gasteiger partial charge in [-0.25, -0.2) is 9.97 Å². The third-order valence-electron chi connectivity index (χ3n) is 4.74. The fourth-order valence-electron chi connectivity index (χ4n) is 3.36. The number of ketones is 1. The van der Waals surface area contributed by atoms with Crippen molar-refractivity contribution in [3.8, 4) is 6.07 Å². The van der Waals surface area contributed by atoms with E-state index in [1.54, 1.807) is 0 Å². The lowest BCUT2D eigenvalue weighted by atomic mass is 10.0. The molecule has 1 unspecified atom stereocenters. The van der Waals surface area contributed by atoms with Crippen LogP contribution in [0.25, 0.3) is 10.2 Å². The molecule has 4 rings (SSSR count). The first-order valence-corrected chi connectivity index (χ1v) is 10.5. The molecule has 6 nitrogen and oxygen atoms in total. The molecule has 0 bridgehead atoms. The van der Waals surface area contributed by atoms with E-state index in [1.807, 2.05) is 61.9 Å². The Morgan fingerprint density at radius 1 is 1.17 bits per heavy atom. The Kier molecular flexibility index (Phi) is 5.37. The minimum Gasteiger partial charge on any atom is -0.291 e. The van der Waals surface area contributed by atoms with Crippen molar-refractivity contribution in [1.82, 2.24) is 19.7 Å². The number of carbonyl (C=O) groups excluding carboxylic acids is 1. The number of hydrogen-bond donors (Lipinski definition) is 0. The van der Waals surface area contributed by atoms with E-state index in [0.717, 1.165) is 32.9 Å². The van der Waals surface area contributed by atoms with E-state index in [1.165, 1.54) is 11.3 Å². The summed E-state index contributed by atoms with van der Waals surface area (Å²) >= 11 is 7.31. The van der Waals surface area contributed by atoms with Crippen molar-refractivity contribution >= 4 is 38.9 Å². The molecule has 0 N–H and O–H groups in total. The summed E-state index contributed by atoms with van der Waals surface area (Å²) in [5.74, 6) is -1.08. The summed E-state index contributed by atoms with van der Waals surface area (Å²) in [5, 5.41) is 15.9. The van der Waals surface area contributed by atoms with Crippen LogP contribution in [0.2, 0.25) is 5.02 Å². The summed E-state index contributed by atoms with van der Waals surface area (Å²) in [4.78, 5) is 23.2. The second-order valence-electron chi connectivity index (χ2n) is 7.13. The number of halogens is 1. The number of nitriles is 1.